The lowest BCUT2D eigenvalue weighted by Gasteiger charge is -2.19. The van der Waals surface area contributed by atoms with Gasteiger partial charge in [-0.3, -0.25) is 10.1 Å². The second-order valence-electron chi connectivity index (χ2n) is 7.81. The first kappa shape index (κ1) is 20.7. The molecule has 0 unspecified atom stereocenters. The van der Waals surface area contributed by atoms with Crippen molar-refractivity contribution in [2.45, 2.75) is 26.2 Å². The van der Waals surface area contributed by atoms with Gasteiger partial charge in [-0.2, -0.15) is 0 Å². The lowest BCUT2D eigenvalue weighted by atomic mass is 9.87. The van der Waals surface area contributed by atoms with E-state index in [2.05, 4.69) is 38.9 Å². The van der Waals surface area contributed by atoms with Gasteiger partial charge in [-0.05, 0) is 46.4 Å². The lowest BCUT2D eigenvalue weighted by molar-refractivity contribution is 0.0966. The molecule has 29 heavy (non-hydrogen) atoms. The average Bonchev–Trinajstić information content (AvgIpc) is 2.73. The van der Waals surface area contributed by atoms with Crippen molar-refractivity contribution in [1.29, 1.82) is 0 Å². The number of urea groups is 1. The SMILES string of the molecule is CC(C)(C)c1ccc(C(=O)NC(=O)N(S)c2cccc(-c3ccccc3)c2)cc1. The molecule has 3 rings (SSSR count). The number of anilines is 1. The van der Waals surface area contributed by atoms with Crippen molar-refractivity contribution < 1.29 is 9.59 Å². The molecule has 0 bridgehead atoms. The summed E-state index contributed by atoms with van der Waals surface area (Å²) in [7, 11) is 0. The molecule has 3 aromatic carbocycles. The standard InChI is InChI=1S/C24H24N2O2S/c1-24(2,3)20-14-12-18(13-15-20)22(27)25-23(28)26(29)21-11-7-10-19(16-21)17-8-5-4-6-9-17/h4-16,29H,1-3H3,(H,25,27,28). The van der Waals surface area contributed by atoms with Gasteiger partial charge in [0.25, 0.3) is 5.91 Å². The zero-order valence-electron chi connectivity index (χ0n) is 16.7. The van der Waals surface area contributed by atoms with Crippen LogP contribution in [-0.4, -0.2) is 11.9 Å². The van der Waals surface area contributed by atoms with E-state index in [1.165, 1.54) is 0 Å². The van der Waals surface area contributed by atoms with Crippen molar-refractivity contribution in [3.8, 4) is 11.1 Å². The van der Waals surface area contributed by atoms with Crippen molar-refractivity contribution in [1.82, 2.24) is 5.32 Å². The maximum absolute atomic E-state index is 12.5. The van der Waals surface area contributed by atoms with E-state index in [9.17, 15) is 9.59 Å². The zero-order valence-corrected chi connectivity index (χ0v) is 17.6. The van der Waals surface area contributed by atoms with Crippen LogP contribution in [0.4, 0.5) is 10.5 Å². The third-order valence-electron chi connectivity index (χ3n) is 4.62. The maximum Gasteiger partial charge on any atom is 0.338 e. The first-order valence-electron chi connectivity index (χ1n) is 9.36. The van der Waals surface area contributed by atoms with Crippen molar-refractivity contribution in [2.24, 2.45) is 0 Å². The summed E-state index contributed by atoms with van der Waals surface area (Å²) in [5.41, 5.74) is 4.10. The van der Waals surface area contributed by atoms with Gasteiger partial charge in [0.05, 0.1) is 5.69 Å². The number of amides is 3. The summed E-state index contributed by atoms with van der Waals surface area (Å²) in [6.45, 7) is 6.32. The summed E-state index contributed by atoms with van der Waals surface area (Å²) in [4.78, 5) is 25.0. The summed E-state index contributed by atoms with van der Waals surface area (Å²) in [6.07, 6.45) is 0. The highest BCUT2D eigenvalue weighted by molar-refractivity contribution is 7.82. The van der Waals surface area contributed by atoms with E-state index in [1.807, 2.05) is 60.7 Å². The Morgan fingerprint density at radius 3 is 2.07 bits per heavy atom. The highest BCUT2D eigenvalue weighted by atomic mass is 32.1. The van der Waals surface area contributed by atoms with Gasteiger partial charge < -0.3 is 0 Å². The monoisotopic (exact) mass is 404 g/mol. The van der Waals surface area contributed by atoms with E-state index < -0.39 is 11.9 Å². The summed E-state index contributed by atoms with van der Waals surface area (Å²) in [6, 6.07) is 23.9. The Balaban J connectivity index is 1.71. The molecule has 0 saturated carbocycles. The Hall–Kier alpha value is -3.05. The van der Waals surface area contributed by atoms with Crippen LogP contribution in [0.2, 0.25) is 0 Å². The highest BCUT2D eigenvalue weighted by Crippen LogP contribution is 2.26. The third-order valence-corrected chi connectivity index (χ3v) is 5.04. The molecule has 0 fully saturated rings. The molecule has 0 aromatic heterocycles. The zero-order chi connectivity index (χ0) is 21.0. The van der Waals surface area contributed by atoms with E-state index in [0.717, 1.165) is 21.0 Å². The topological polar surface area (TPSA) is 49.4 Å². The summed E-state index contributed by atoms with van der Waals surface area (Å²) < 4.78 is 1.13. The van der Waals surface area contributed by atoms with E-state index in [0.29, 0.717) is 11.3 Å². The number of imide groups is 1. The van der Waals surface area contributed by atoms with E-state index in [1.54, 1.807) is 18.2 Å². The van der Waals surface area contributed by atoms with Crippen LogP contribution in [0, 0.1) is 0 Å². The van der Waals surface area contributed by atoms with Gasteiger partial charge in [-0.15, -0.1) is 0 Å². The molecule has 4 nitrogen and oxygen atoms in total. The number of rotatable bonds is 3. The van der Waals surface area contributed by atoms with Crippen molar-refractivity contribution in [2.75, 3.05) is 4.31 Å². The first-order chi connectivity index (χ1) is 13.8. The minimum absolute atomic E-state index is 0.00348. The van der Waals surface area contributed by atoms with E-state index in [4.69, 9.17) is 0 Å². The molecule has 0 aliphatic heterocycles. The van der Waals surface area contributed by atoms with Crippen molar-refractivity contribution >= 4 is 30.4 Å². The molecule has 0 saturated heterocycles. The first-order valence-corrected chi connectivity index (χ1v) is 9.76. The molecule has 1 N–H and O–H groups in total. The van der Waals surface area contributed by atoms with Crippen LogP contribution in [0.1, 0.15) is 36.7 Å². The van der Waals surface area contributed by atoms with Crippen LogP contribution < -0.4 is 9.62 Å². The molecule has 5 heteroatoms. The fourth-order valence-corrected chi connectivity index (χ4v) is 3.08. The van der Waals surface area contributed by atoms with E-state index in [-0.39, 0.29) is 5.41 Å². The molecule has 0 atom stereocenters. The second kappa shape index (κ2) is 8.53. The Kier molecular flexibility index (Phi) is 6.09. The Morgan fingerprint density at radius 1 is 0.828 bits per heavy atom. The lowest BCUT2D eigenvalue weighted by Crippen LogP contribution is -2.38. The van der Waals surface area contributed by atoms with Crippen molar-refractivity contribution in [3.63, 3.8) is 0 Å². The van der Waals surface area contributed by atoms with Crippen LogP contribution in [0.15, 0.2) is 78.9 Å². The fourth-order valence-electron chi connectivity index (χ4n) is 2.91. The molecular weight excluding hydrogens is 380 g/mol. The minimum atomic E-state index is -0.608. The van der Waals surface area contributed by atoms with Crippen molar-refractivity contribution in [3.05, 3.63) is 90.0 Å². The number of nitrogens with one attached hydrogen (secondary N) is 1. The van der Waals surface area contributed by atoms with Gasteiger partial charge in [-0.25, -0.2) is 9.10 Å². The molecule has 0 aliphatic rings. The van der Waals surface area contributed by atoms with Gasteiger partial charge in [-0.1, -0.05) is 88.2 Å². The normalized spacial score (nSPS) is 11.0. The summed E-state index contributed by atoms with van der Waals surface area (Å²) >= 11 is 4.28. The predicted octanol–water partition coefficient (Wildman–Crippen LogP) is 5.85. The predicted molar refractivity (Wildman–Crippen MR) is 121 cm³/mol. The van der Waals surface area contributed by atoms with Gasteiger partial charge in [0.15, 0.2) is 0 Å². The minimum Gasteiger partial charge on any atom is -0.273 e. The third kappa shape index (κ3) is 5.06. The fraction of sp³-hybridized carbons (Fsp3) is 0.167. The molecule has 0 aliphatic carbocycles. The van der Waals surface area contributed by atoms with Gasteiger partial charge in [0, 0.05) is 5.56 Å². The Morgan fingerprint density at radius 2 is 1.45 bits per heavy atom. The van der Waals surface area contributed by atoms with Crippen LogP contribution >= 0.6 is 12.8 Å². The van der Waals surface area contributed by atoms with Crippen LogP contribution in [0.25, 0.3) is 11.1 Å². The number of hydrogen-bond acceptors (Lipinski definition) is 3. The molecule has 0 radical (unpaired) electrons. The Bertz CT molecular complexity index is 1010. The molecular formula is C24H24N2O2S. The average molecular weight is 405 g/mol. The smallest absolute Gasteiger partial charge is 0.273 e. The van der Waals surface area contributed by atoms with Crippen LogP contribution in [0.3, 0.4) is 0 Å². The van der Waals surface area contributed by atoms with E-state index >= 15 is 0 Å². The second-order valence-corrected chi connectivity index (χ2v) is 8.21. The quantitative estimate of drug-likeness (QED) is 0.538. The van der Waals surface area contributed by atoms with Crippen LogP contribution in [-0.2, 0) is 5.41 Å². The number of thiol groups is 1. The Labute approximate surface area is 177 Å². The number of carbonyl (C=O) groups is 2. The number of nitrogens with zero attached hydrogens (tertiary/aromatic N) is 1. The molecule has 3 aromatic rings. The number of hydrogen-bond donors (Lipinski definition) is 2. The molecule has 3 amide bonds. The number of carbonyl (C=O) groups excluding carboxylic acids is 2. The van der Waals surface area contributed by atoms with Gasteiger partial charge in [0.2, 0.25) is 0 Å². The highest BCUT2D eigenvalue weighted by Gasteiger charge is 2.18. The van der Waals surface area contributed by atoms with Gasteiger partial charge in [0.1, 0.15) is 0 Å². The largest absolute Gasteiger partial charge is 0.338 e. The maximum atomic E-state index is 12.5. The molecule has 0 heterocycles. The molecule has 148 valence electrons. The molecule has 0 spiro atoms. The summed E-state index contributed by atoms with van der Waals surface area (Å²) in [5, 5.41) is 2.38. The van der Waals surface area contributed by atoms with Gasteiger partial charge >= 0.3 is 6.03 Å². The van der Waals surface area contributed by atoms with Crippen LogP contribution in [0.5, 0.6) is 0 Å². The summed E-state index contributed by atoms with van der Waals surface area (Å²) in [5.74, 6) is -0.464. The number of benzene rings is 3.